The van der Waals surface area contributed by atoms with Crippen LogP contribution >= 0.6 is 15.9 Å². The predicted molar refractivity (Wildman–Crippen MR) is 59.0 cm³/mol. The van der Waals surface area contributed by atoms with E-state index in [1.807, 2.05) is 0 Å². The minimum absolute atomic E-state index is 0.223. The summed E-state index contributed by atoms with van der Waals surface area (Å²) in [5.74, 6) is -1.51. The number of pyridine rings is 1. The maximum Gasteiger partial charge on any atom is 0.310 e. The molecule has 2 heterocycles. The zero-order chi connectivity index (χ0) is 11.7. The molecular formula is C10H9BrN2O3. The lowest BCUT2D eigenvalue weighted by Gasteiger charge is -2.36. The molecular weight excluding hydrogens is 276 g/mol. The molecule has 1 saturated heterocycles. The molecule has 0 unspecified atom stereocenters. The average Bonchev–Trinajstić information content (AvgIpc) is 2.14. The number of likely N-dealkylation sites (tertiary alicyclic amines) is 1. The molecule has 0 aliphatic carbocycles. The molecule has 0 aromatic carbocycles. The van der Waals surface area contributed by atoms with Crippen LogP contribution in [-0.2, 0) is 4.79 Å². The average molecular weight is 285 g/mol. The Labute approximate surface area is 100 Å². The molecule has 1 amide bonds. The van der Waals surface area contributed by atoms with Crippen LogP contribution in [0.1, 0.15) is 10.5 Å². The summed E-state index contributed by atoms with van der Waals surface area (Å²) in [6.07, 6.45) is 0. The smallest absolute Gasteiger partial charge is 0.310 e. The van der Waals surface area contributed by atoms with Crippen LogP contribution in [0, 0.1) is 5.92 Å². The topological polar surface area (TPSA) is 70.5 Å². The minimum Gasteiger partial charge on any atom is -0.481 e. The zero-order valence-electron chi connectivity index (χ0n) is 8.26. The lowest BCUT2D eigenvalue weighted by atomic mass is 10.00. The van der Waals surface area contributed by atoms with E-state index in [1.54, 1.807) is 18.2 Å². The molecule has 16 heavy (non-hydrogen) atoms. The van der Waals surface area contributed by atoms with Crippen LogP contribution in [0.25, 0.3) is 0 Å². The molecule has 0 bridgehead atoms. The van der Waals surface area contributed by atoms with E-state index in [2.05, 4.69) is 20.9 Å². The summed E-state index contributed by atoms with van der Waals surface area (Å²) in [5.41, 5.74) is 0.332. The normalized spacial score (nSPS) is 15.7. The summed E-state index contributed by atoms with van der Waals surface area (Å²) in [4.78, 5) is 27.9. The number of carbonyl (C=O) groups excluding carboxylic acids is 1. The standard InChI is InChI=1S/C10H9BrN2O3/c11-8-3-1-2-7(12-8)9(14)13-4-6(5-13)10(15)16/h1-3,6H,4-5H2,(H,15,16). The van der Waals surface area contributed by atoms with Gasteiger partial charge in [0.25, 0.3) is 5.91 Å². The van der Waals surface area contributed by atoms with Gasteiger partial charge in [-0.3, -0.25) is 9.59 Å². The van der Waals surface area contributed by atoms with E-state index >= 15 is 0 Å². The van der Waals surface area contributed by atoms with Crippen molar-refractivity contribution in [3.63, 3.8) is 0 Å². The fourth-order valence-electron chi connectivity index (χ4n) is 1.49. The fraction of sp³-hybridized carbons (Fsp3) is 0.300. The Kier molecular flexibility index (Phi) is 2.91. The lowest BCUT2D eigenvalue weighted by Crippen LogP contribution is -2.53. The quantitative estimate of drug-likeness (QED) is 0.823. The van der Waals surface area contributed by atoms with Gasteiger partial charge >= 0.3 is 5.97 Å². The molecule has 1 aromatic rings. The number of aliphatic carboxylic acids is 1. The van der Waals surface area contributed by atoms with Gasteiger partial charge in [-0.1, -0.05) is 6.07 Å². The number of hydrogen-bond acceptors (Lipinski definition) is 3. The van der Waals surface area contributed by atoms with E-state index in [1.165, 1.54) is 4.90 Å². The summed E-state index contributed by atoms with van der Waals surface area (Å²) in [5, 5.41) is 8.69. The maximum absolute atomic E-state index is 11.8. The SMILES string of the molecule is O=C(O)C1CN(C(=O)c2cccc(Br)n2)C1. The van der Waals surface area contributed by atoms with E-state index in [4.69, 9.17) is 5.11 Å². The van der Waals surface area contributed by atoms with Gasteiger partial charge in [0.05, 0.1) is 5.92 Å². The number of carboxylic acid groups (broad SMARTS) is 1. The largest absolute Gasteiger partial charge is 0.481 e. The number of rotatable bonds is 2. The number of amides is 1. The number of carboxylic acids is 1. The third-order valence-corrected chi connectivity index (χ3v) is 2.89. The number of nitrogens with zero attached hydrogens (tertiary/aromatic N) is 2. The lowest BCUT2D eigenvalue weighted by molar-refractivity contribution is -0.146. The van der Waals surface area contributed by atoms with E-state index < -0.39 is 11.9 Å². The van der Waals surface area contributed by atoms with Crippen molar-refractivity contribution in [1.29, 1.82) is 0 Å². The Morgan fingerprint density at radius 3 is 2.69 bits per heavy atom. The minimum atomic E-state index is -0.855. The van der Waals surface area contributed by atoms with Crippen LogP contribution in [0.15, 0.2) is 22.8 Å². The van der Waals surface area contributed by atoms with Crippen LogP contribution in [0.2, 0.25) is 0 Å². The Morgan fingerprint density at radius 1 is 1.44 bits per heavy atom. The Hall–Kier alpha value is -1.43. The predicted octanol–water partition coefficient (Wildman–Crippen LogP) is 1.00. The highest BCUT2D eigenvalue weighted by Gasteiger charge is 2.36. The Balaban J connectivity index is 2.03. The molecule has 6 heteroatoms. The molecule has 1 fully saturated rings. The first-order chi connectivity index (χ1) is 7.58. The first kappa shape index (κ1) is 11.1. The summed E-state index contributed by atoms with van der Waals surface area (Å²) < 4.78 is 0.591. The summed E-state index contributed by atoms with van der Waals surface area (Å²) in [7, 11) is 0. The van der Waals surface area contributed by atoms with E-state index in [0.717, 1.165) is 0 Å². The van der Waals surface area contributed by atoms with Crippen molar-refractivity contribution in [3.8, 4) is 0 Å². The highest BCUT2D eigenvalue weighted by atomic mass is 79.9. The van der Waals surface area contributed by atoms with Gasteiger partial charge in [-0.2, -0.15) is 0 Å². The molecule has 5 nitrogen and oxygen atoms in total. The first-order valence-corrected chi connectivity index (χ1v) is 5.52. The molecule has 0 saturated carbocycles. The second-order valence-corrected chi connectivity index (χ2v) is 4.40. The Morgan fingerprint density at radius 2 is 2.12 bits per heavy atom. The van der Waals surface area contributed by atoms with Gasteiger partial charge in [-0.25, -0.2) is 4.98 Å². The highest BCUT2D eigenvalue weighted by Crippen LogP contribution is 2.18. The second-order valence-electron chi connectivity index (χ2n) is 3.59. The zero-order valence-corrected chi connectivity index (χ0v) is 9.85. The molecule has 1 aliphatic rings. The maximum atomic E-state index is 11.8. The third-order valence-electron chi connectivity index (χ3n) is 2.45. The number of hydrogen-bond donors (Lipinski definition) is 1. The molecule has 1 aromatic heterocycles. The monoisotopic (exact) mass is 284 g/mol. The Bertz CT molecular complexity index is 443. The van der Waals surface area contributed by atoms with E-state index in [-0.39, 0.29) is 19.0 Å². The van der Waals surface area contributed by atoms with Gasteiger partial charge in [0, 0.05) is 13.1 Å². The van der Waals surface area contributed by atoms with Gasteiger partial charge in [0.2, 0.25) is 0 Å². The van der Waals surface area contributed by atoms with Crippen molar-refractivity contribution in [2.45, 2.75) is 0 Å². The molecule has 0 atom stereocenters. The molecule has 84 valence electrons. The molecule has 1 N–H and O–H groups in total. The van der Waals surface area contributed by atoms with Crippen molar-refractivity contribution < 1.29 is 14.7 Å². The van der Waals surface area contributed by atoms with Crippen LogP contribution in [0.3, 0.4) is 0 Å². The number of carbonyl (C=O) groups is 2. The van der Waals surface area contributed by atoms with Crippen molar-refractivity contribution in [3.05, 3.63) is 28.5 Å². The van der Waals surface area contributed by atoms with Gasteiger partial charge in [-0.05, 0) is 28.1 Å². The number of halogens is 1. The van der Waals surface area contributed by atoms with Crippen LogP contribution < -0.4 is 0 Å². The first-order valence-electron chi connectivity index (χ1n) is 4.72. The number of aromatic nitrogens is 1. The van der Waals surface area contributed by atoms with Gasteiger partial charge < -0.3 is 10.0 Å². The third kappa shape index (κ3) is 2.06. The molecule has 0 spiro atoms. The van der Waals surface area contributed by atoms with Crippen molar-refractivity contribution in [2.24, 2.45) is 5.92 Å². The van der Waals surface area contributed by atoms with Crippen molar-refractivity contribution in [1.82, 2.24) is 9.88 Å². The summed E-state index contributed by atoms with van der Waals surface area (Å²) in [6.45, 7) is 0.532. The molecule has 1 aliphatic heterocycles. The van der Waals surface area contributed by atoms with Crippen LogP contribution in [0.4, 0.5) is 0 Å². The van der Waals surface area contributed by atoms with Gasteiger partial charge in [0.15, 0.2) is 0 Å². The van der Waals surface area contributed by atoms with Crippen LogP contribution in [-0.4, -0.2) is 40.0 Å². The van der Waals surface area contributed by atoms with E-state index in [9.17, 15) is 9.59 Å². The van der Waals surface area contributed by atoms with Gasteiger partial charge in [-0.15, -0.1) is 0 Å². The fourth-order valence-corrected chi connectivity index (χ4v) is 1.83. The van der Waals surface area contributed by atoms with Crippen molar-refractivity contribution in [2.75, 3.05) is 13.1 Å². The highest BCUT2D eigenvalue weighted by molar-refractivity contribution is 9.10. The molecule has 0 radical (unpaired) electrons. The van der Waals surface area contributed by atoms with Gasteiger partial charge in [0.1, 0.15) is 10.3 Å². The van der Waals surface area contributed by atoms with Crippen molar-refractivity contribution >= 4 is 27.8 Å². The second kappa shape index (κ2) is 4.21. The summed E-state index contributed by atoms with van der Waals surface area (Å²) in [6, 6.07) is 5.06. The molecule has 2 rings (SSSR count). The van der Waals surface area contributed by atoms with Crippen LogP contribution in [0.5, 0.6) is 0 Å². The van der Waals surface area contributed by atoms with E-state index in [0.29, 0.717) is 10.3 Å². The summed E-state index contributed by atoms with van der Waals surface area (Å²) >= 11 is 3.18.